The second-order valence-corrected chi connectivity index (χ2v) is 12.7. The van der Waals surface area contributed by atoms with Crippen molar-refractivity contribution in [2.24, 2.45) is 34.0 Å². The maximum atomic E-state index is 13.5. The first-order valence-corrected chi connectivity index (χ1v) is 12.5. The van der Waals surface area contributed by atoms with Gasteiger partial charge in [0.05, 0.1) is 0 Å². The Labute approximate surface area is 196 Å². The molecule has 5 nitrogen and oxygen atoms in total. The third kappa shape index (κ3) is 2.53. The standard InChI is InChI=1S/C28H38O5/c1-14-11-19-26(4,24(33)22(14)31)8-10-28(6)20-13-17(29)21-15(2)23(32)18(30)12-16(21)25(20,3)7-9-27(19,28)5/h12,14,19-20,24,30,32-33H,7-11,13H2,1-6H3/t14-,19-,20+,24-,25+,26-,27+,28-/m1/s1. The molecular formula is C28H38O5. The summed E-state index contributed by atoms with van der Waals surface area (Å²) in [5, 5.41) is 31.8. The van der Waals surface area contributed by atoms with Crippen LogP contribution >= 0.6 is 0 Å². The van der Waals surface area contributed by atoms with Gasteiger partial charge >= 0.3 is 0 Å². The van der Waals surface area contributed by atoms with Gasteiger partial charge in [0.2, 0.25) is 0 Å². The van der Waals surface area contributed by atoms with Crippen LogP contribution < -0.4 is 0 Å². The number of benzene rings is 1. The number of Topliss-reactive ketones (excluding diaryl/α,β-unsaturated/α-hetero) is 2. The lowest BCUT2D eigenvalue weighted by molar-refractivity contribution is -0.222. The molecule has 0 saturated heterocycles. The highest BCUT2D eigenvalue weighted by Gasteiger charge is 2.70. The first-order chi connectivity index (χ1) is 15.2. The van der Waals surface area contributed by atoms with Crippen LogP contribution in [-0.4, -0.2) is 33.0 Å². The summed E-state index contributed by atoms with van der Waals surface area (Å²) in [5.74, 6) is -0.163. The summed E-state index contributed by atoms with van der Waals surface area (Å²) in [4.78, 5) is 26.2. The minimum atomic E-state index is -0.919. The molecule has 3 N–H and O–H groups in total. The number of phenols is 2. The molecule has 8 atom stereocenters. The Hall–Kier alpha value is -1.88. The summed E-state index contributed by atoms with van der Waals surface area (Å²) < 4.78 is 0. The van der Waals surface area contributed by atoms with Gasteiger partial charge in [-0.1, -0.05) is 34.6 Å². The number of rotatable bonds is 0. The van der Waals surface area contributed by atoms with Gasteiger partial charge in [0, 0.05) is 28.9 Å². The highest BCUT2D eigenvalue weighted by molar-refractivity contribution is 6.02. The van der Waals surface area contributed by atoms with E-state index in [2.05, 4.69) is 27.7 Å². The number of carbonyl (C=O) groups is 2. The van der Waals surface area contributed by atoms with E-state index in [1.54, 1.807) is 13.0 Å². The van der Waals surface area contributed by atoms with E-state index in [1.165, 1.54) is 0 Å². The smallest absolute Gasteiger partial charge is 0.164 e. The van der Waals surface area contributed by atoms with Gasteiger partial charge in [0.25, 0.3) is 0 Å². The summed E-state index contributed by atoms with van der Waals surface area (Å²) in [6, 6.07) is 1.63. The zero-order chi connectivity index (χ0) is 24.3. The Morgan fingerprint density at radius 2 is 1.55 bits per heavy atom. The molecule has 0 spiro atoms. The molecule has 1 aromatic carbocycles. The molecular weight excluding hydrogens is 416 g/mol. The summed E-state index contributed by atoms with van der Waals surface area (Å²) in [5.41, 5.74) is 0.986. The van der Waals surface area contributed by atoms with Gasteiger partial charge in [-0.3, -0.25) is 9.59 Å². The van der Waals surface area contributed by atoms with Crippen molar-refractivity contribution in [1.29, 1.82) is 0 Å². The number of hydrogen-bond donors (Lipinski definition) is 3. The Kier molecular flexibility index (Phi) is 4.59. The average molecular weight is 455 g/mol. The average Bonchev–Trinajstić information content (AvgIpc) is 2.76. The molecule has 5 rings (SSSR count). The second-order valence-electron chi connectivity index (χ2n) is 12.7. The highest BCUT2D eigenvalue weighted by Crippen LogP contribution is 2.74. The zero-order valence-electron chi connectivity index (χ0n) is 20.8. The third-order valence-corrected chi connectivity index (χ3v) is 11.5. The summed E-state index contributed by atoms with van der Waals surface area (Å²) in [6.07, 6.45) is 3.76. The Balaban J connectivity index is 1.66. The van der Waals surface area contributed by atoms with Crippen molar-refractivity contribution >= 4 is 11.6 Å². The first kappa shape index (κ1) is 22.9. The SMILES string of the molecule is Cc1c(O)c(O)cc2c1C(=O)C[C@H]1[C@@]2(C)CC[C@@]2(C)[C@@H]3C[C@@H](C)C(=O)[C@@H](O)[C@]3(C)CC[C@]12C. The molecule has 3 fully saturated rings. The monoisotopic (exact) mass is 454 g/mol. The molecule has 0 heterocycles. The number of aromatic hydroxyl groups is 2. The van der Waals surface area contributed by atoms with E-state index in [4.69, 9.17) is 0 Å². The number of aliphatic hydroxyl groups excluding tert-OH is 1. The van der Waals surface area contributed by atoms with Gasteiger partial charge in [-0.05, 0) is 78.7 Å². The van der Waals surface area contributed by atoms with Crippen molar-refractivity contribution in [3.63, 3.8) is 0 Å². The maximum absolute atomic E-state index is 13.5. The topological polar surface area (TPSA) is 94.8 Å². The predicted molar refractivity (Wildman–Crippen MR) is 125 cm³/mol. The zero-order valence-corrected chi connectivity index (χ0v) is 20.8. The quantitative estimate of drug-likeness (QED) is 0.476. The summed E-state index contributed by atoms with van der Waals surface area (Å²) >= 11 is 0. The fourth-order valence-corrected chi connectivity index (χ4v) is 9.12. The van der Waals surface area contributed by atoms with Crippen LogP contribution in [0.5, 0.6) is 11.5 Å². The summed E-state index contributed by atoms with van der Waals surface area (Å²) in [6.45, 7) is 12.7. The number of aliphatic hydroxyl groups is 1. The predicted octanol–water partition coefficient (Wildman–Crippen LogP) is 5.06. The molecule has 4 aliphatic carbocycles. The van der Waals surface area contributed by atoms with Crippen molar-refractivity contribution in [1.82, 2.24) is 0 Å². The van der Waals surface area contributed by atoms with Gasteiger partial charge in [-0.15, -0.1) is 0 Å². The lowest BCUT2D eigenvalue weighted by Gasteiger charge is -2.71. The molecule has 0 aliphatic heterocycles. The van der Waals surface area contributed by atoms with E-state index in [0.29, 0.717) is 17.5 Å². The molecule has 0 bridgehead atoms. The van der Waals surface area contributed by atoms with Gasteiger partial charge in [-0.25, -0.2) is 0 Å². The van der Waals surface area contributed by atoms with Gasteiger partial charge < -0.3 is 15.3 Å². The fourth-order valence-electron chi connectivity index (χ4n) is 9.12. The normalized spacial score (nSPS) is 46.8. The molecule has 0 radical (unpaired) electrons. The Bertz CT molecular complexity index is 1080. The molecule has 0 amide bonds. The number of carbonyl (C=O) groups excluding carboxylic acids is 2. The van der Waals surface area contributed by atoms with Gasteiger partial charge in [0.15, 0.2) is 23.1 Å². The number of ketones is 2. The number of hydrogen-bond acceptors (Lipinski definition) is 5. The lowest BCUT2D eigenvalue weighted by Crippen LogP contribution is -2.68. The van der Waals surface area contributed by atoms with Crippen molar-refractivity contribution in [3.05, 3.63) is 22.8 Å². The largest absolute Gasteiger partial charge is 0.504 e. The van der Waals surface area contributed by atoms with E-state index >= 15 is 0 Å². The van der Waals surface area contributed by atoms with E-state index in [1.807, 2.05) is 6.92 Å². The van der Waals surface area contributed by atoms with Crippen LogP contribution in [0, 0.1) is 40.9 Å². The van der Waals surface area contributed by atoms with Crippen LogP contribution in [0.15, 0.2) is 6.07 Å². The highest BCUT2D eigenvalue weighted by atomic mass is 16.3. The Morgan fingerprint density at radius 3 is 2.21 bits per heavy atom. The molecule has 1 aromatic rings. The molecule has 33 heavy (non-hydrogen) atoms. The molecule has 3 saturated carbocycles. The fraction of sp³-hybridized carbons (Fsp3) is 0.714. The van der Waals surface area contributed by atoms with Crippen LogP contribution in [0.2, 0.25) is 0 Å². The minimum Gasteiger partial charge on any atom is -0.504 e. The van der Waals surface area contributed by atoms with Crippen molar-refractivity contribution in [2.45, 2.75) is 91.6 Å². The molecule has 4 aliphatic rings. The van der Waals surface area contributed by atoms with E-state index in [-0.39, 0.29) is 57.1 Å². The molecule has 180 valence electrons. The maximum Gasteiger partial charge on any atom is 0.164 e. The number of fused-ring (bicyclic) bond motifs is 7. The minimum absolute atomic E-state index is 0.0193. The summed E-state index contributed by atoms with van der Waals surface area (Å²) in [7, 11) is 0. The van der Waals surface area contributed by atoms with Crippen LogP contribution in [-0.2, 0) is 10.2 Å². The van der Waals surface area contributed by atoms with Gasteiger partial charge in [-0.2, -0.15) is 0 Å². The van der Waals surface area contributed by atoms with Crippen LogP contribution in [0.1, 0.15) is 94.6 Å². The molecule has 0 unspecified atom stereocenters. The number of phenolic OH excluding ortho intramolecular Hbond substituents is 2. The third-order valence-electron chi connectivity index (χ3n) is 11.5. The van der Waals surface area contributed by atoms with Gasteiger partial charge in [0.1, 0.15) is 6.10 Å². The van der Waals surface area contributed by atoms with E-state index in [0.717, 1.165) is 37.7 Å². The van der Waals surface area contributed by atoms with Crippen LogP contribution in [0.25, 0.3) is 0 Å². The van der Waals surface area contributed by atoms with Crippen molar-refractivity contribution < 1.29 is 24.9 Å². The van der Waals surface area contributed by atoms with E-state index in [9.17, 15) is 24.9 Å². The lowest BCUT2D eigenvalue weighted by atomic mass is 9.33. The van der Waals surface area contributed by atoms with Crippen molar-refractivity contribution in [2.75, 3.05) is 0 Å². The first-order valence-electron chi connectivity index (χ1n) is 12.5. The molecule has 5 heteroatoms. The van der Waals surface area contributed by atoms with Crippen molar-refractivity contribution in [3.8, 4) is 11.5 Å². The van der Waals surface area contributed by atoms with Crippen LogP contribution in [0.4, 0.5) is 0 Å². The van der Waals surface area contributed by atoms with E-state index < -0.39 is 11.5 Å². The molecule has 0 aromatic heterocycles. The van der Waals surface area contributed by atoms with Crippen LogP contribution in [0.3, 0.4) is 0 Å². The second kappa shape index (κ2) is 6.62. The Morgan fingerprint density at radius 1 is 0.939 bits per heavy atom.